The van der Waals surface area contributed by atoms with Crippen molar-refractivity contribution in [3.63, 3.8) is 0 Å². The van der Waals surface area contributed by atoms with Crippen LogP contribution in [0.5, 0.6) is 5.75 Å². The van der Waals surface area contributed by atoms with Gasteiger partial charge in [-0.05, 0) is 30.2 Å². The van der Waals surface area contributed by atoms with Gasteiger partial charge in [-0.3, -0.25) is 4.79 Å². The van der Waals surface area contributed by atoms with Gasteiger partial charge in [-0.15, -0.1) is 11.8 Å². The van der Waals surface area contributed by atoms with Gasteiger partial charge in [-0.2, -0.15) is 8.78 Å². The van der Waals surface area contributed by atoms with Crippen LogP contribution in [0, 0.1) is 0 Å². The van der Waals surface area contributed by atoms with E-state index in [1.165, 1.54) is 17.8 Å². The first-order valence-electron chi connectivity index (χ1n) is 6.73. The number of hydrogen-bond donors (Lipinski definition) is 1. The van der Waals surface area contributed by atoms with Crippen LogP contribution in [0.25, 0.3) is 0 Å². The van der Waals surface area contributed by atoms with Crippen LogP contribution >= 0.6 is 11.8 Å². The molecule has 0 aromatic heterocycles. The lowest BCUT2D eigenvalue weighted by Gasteiger charge is -2.14. The summed E-state index contributed by atoms with van der Waals surface area (Å²) in [6, 6.07) is 14.0. The van der Waals surface area contributed by atoms with Gasteiger partial charge in [0.1, 0.15) is 5.75 Å². The van der Waals surface area contributed by atoms with Gasteiger partial charge in [-0.1, -0.05) is 30.3 Å². The van der Waals surface area contributed by atoms with Gasteiger partial charge in [0.25, 0.3) is 0 Å². The molecule has 0 bridgehead atoms. The molecular weight excluding hydrogens is 308 g/mol. The van der Waals surface area contributed by atoms with Gasteiger partial charge in [0, 0.05) is 4.90 Å². The molecule has 1 heterocycles. The molecular formula is C16H13F2NO2S. The maximum Gasteiger partial charge on any atom is 0.387 e. The maximum absolute atomic E-state index is 12.4. The molecule has 22 heavy (non-hydrogen) atoms. The molecule has 2 aromatic rings. The molecule has 1 atom stereocenters. The fourth-order valence-corrected chi connectivity index (χ4v) is 3.51. The number of amides is 1. The van der Waals surface area contributed by atoms with Gasteiger partial charge >= 0.3 is 6.61 Å². The van der Waals surface area contributed by atoms with Crippen LogP contribution in [0.15, 0.2) is 53.4 Å². The quantitative estimate of drug-likeness (QED) is 0.927. The molecule has 1 N–H and O–H groups in total. The number of fused-ring (bicyclic) bond motifs is 1. The number of halogens is 2. The highest BCUT2D eigenvalue weighted by atomic mass is 32.2. The third-order valence-corrected chi connectivity index (χ3v) is 4.62. The van der Waals surface area contributed by atoms with Crippen molar-refractivity contribution in [2.75, 3.05) is 5.32 Å². The molecule has 1 unspecified atom stereocenters. The van der Waals surface area contributed by atoms with E-state index in [0.29, 0.717) is 6.42 Å². The van der Waals surface area contributed by atoms with Gasteiger partial charge in [-0.25, -0.2) is 0 Å². The normalized spacial score (nSPS) is 16.4. The Hall–Kier alpha value is -2.08. The second kappa shape index (κ2) is 6.36. The molecule has 0 saturated heterocycles. The molecule has 0 spiro atoms. The highest BCUT2D eigenvalue weighted by Gasteiger charge is 2.28. The Morgan fingerprint density at radius 1 is 1.18 bits per heavy atom. The highest BCUT2D eigenvalue weighted by Crippen LogP contribution is 2.37. The van der Waals surface area contributed by atoms with Gasteiger partial charge in [0.2, 0.25) is 5.91 Å². The Kier molecular flexibility index (Phi) is 4.29. The number of para-hydroxylation sites is 2. The van der Waals surface area contributed by atoms with Crippen molar-refractivity contribution in [3.8, 4) is 5.75 Å². The second-order valence-corrected chi connectivity index (χ2v) is 6.03. The number of alkyl halides is 2. The van der Waals surface area contributed by atoms with Crippen molar-refractivity contribution in [1.82, 2.24) is 0 Å². The third kappa shape index (κ3) is 3.22. The van der Waals surface area contributed by atoms with Crippen LogP contribution in [0.4, 0.5) is 14.5 Å². The summed E-state index contributed by atoms with van der Waals surface area (Å²) in [5.41, 5.74) is 1.38. The zero-order valence-electron chi connectivity index (χ0n) is 11.5. The van der Waals surface area contributed by atoms with Crippen molar-refractivity contribution < 1.29 is 18.3 Å². The number of thioether (sulfide) groups is 1. The van der Waals surface area contributed by atoms with Gasteiger partial charge in [0.05, 0.1) is 10.9 Å². The highest BCUT2D eigenvalue weighted by molar-refractivity contribution is 8.01. The van der Waals surface area contributed by atoms with Crippen LogP contribution in [0.1, 0.15) is 5.56 Å². The van der Waals surface area contributed by atoms with Gasteiger partial charge in [0.15, 0.2) is 0 Å². The minimum atomic E-state index is -2.93. The minimum absolute atomic E-state index is 0.0358. The summed E-state index contributed by atoms with van der Waals surface area (Å²) < 4.78 is 29.2. The SMILES string of the molecule is O=C(Nc1ccccc1OC(F)F)C1Cc2ccccc2S1. The third-order valence-electron chi connectivity index (χ3n) is 3.30. The Morgan fingerprint density at radius 2 is 1.91 bits per heavy atom. The predicted molar refractivity (Wildman–Crippen MR) is 81.5 cm³/mol. The van der Waals surface area contributed by atoms with Crippen LogP contribution in [0.3, 0.4) is 0 Å². The smallest absolute Gasteiger partial charge is 0.387 e. The van der Waals surface area contributed by atoms with Crippen molar-refractivity contribution in [3.05, 3.63) is 54.1 Å². The summed E-state index contributed by atoms with van der Waals surface area (Å²) in [7, 11) is 0. The Labute approximate surface area is 130 Å². The molecule has 0 fully saturated rings. The molecule has 6 heteroatoms. The summed E-state index contributed by atoms with van der Waals surface area (Å²) in [5.74, 6) is -0.252. The van der Waals surface area contributed by atoms with E-state index in [0.717, 1.165) is 10.5 Å². The summed E-state index contributed by atoms with van der Waals surface area (Å²) in [6.45, 7) is -2.93. The van der Waals surface area contributed by atoms with Crippen molar-refractivity contribution in [2.45, 2.75) is 23.2 Å². The van der Waals surface area contributed by atoms with Crippen LogP contribution in [0.2, 0.25) is 0 Å². The zero-order chi connectivity index (χ0) is 15.5. The largest absolute Gasteiger partial charge is 0.433 e. The number of anilines is 1. The fraction of sp³-hybridized carbons (Fsp3) is 0.188. The number of ether oxygens (including phenoxy) is 1. The average Bonchev–Trinajstić information content (AvgIpc) is 2.93. The molecule has 0 radical (unpaired) electrons. The molecule has 1 aliphatic rings. The Morgan fingerprint density at radius 3 is 2.68 bits per heavy atom. The first-order valence-corrected chi connectivity index (χ1v) is 7.61. The molecule has 1 amide bonds. The lowest BCUT2D eigenvalue weighted by molar-refractivity contribution is -0.115. The molecule has 3 nitrogen and oxygen atoms in total. The summed E-state index contributed by atoms with van der Waals surface area (Å²) in [4.78, 5) is 13.4. The molecule has 2 aromatic carbocycles. The fourth-order valence-electron chi connectivity index (χ4n) is 2.31. The monoisotopic (exact) mass is 321 g/mol. The Balaban J connectivity index is 1.71. The van der Waals surface area contributed by atoms with E-state index in [1.807, 2.05) is 24.3 Å². The first-order chi connectivity index (χ1) is 10.6. The Bertz CT molecular complexity index is 668. The van der Waals surface area contributed by atoms with E-state index < -0.39 is 6.61 Å². The van der Waals surface area contributed by atoms with Crippen LogP contribution in [-0.4, -0.2) is 17.8 Å². The number of hydrogen-bond acceptors (Lipinski definition) is 3. The lowest BCUT2D eigenvalue weighted by atomic mass is 10.1. The second-order valence-electron chi connectivity index (χ2n) is 4.78. The molecule has 1 aliphatic heterocycles. The summed E-state index contributed by atoms with van der Waals surface area (Å²) in [5, 5.41) is 2.41. The molecule has 114 valence electrons. The van der Waals surface area contributed by atoms with E-state index in [2.05, 4.69) is 10.1 Å². The zero-order valence-corrected chi connectivity index (χ0v) is 12.3. The standard InChI is InChI=1S/C16H13F2NO2S/c17-16(18)21-12-7-3-2-6-11(12)19-15(20)14-9-10-5-1-4-8-13(10)22-14/h1-8,14,16H,9H2,(H,19,20). The van der Waals surface area contributed by atoms with E-state index in [-0.39, 0.29) is 22.6 Å². The number of carbonyl (C=O) groups is 1. The topological polar surface area (TPSA) is 38.3 Å². The van der Waals surface area contributed by atoms with Crippen LogP contribution < -0.4 is 10.1 Å². The van der Waals surface area contributed by atoms with Gasteiger partial charge < -0.3 is 10.1 Å². The molecule has 0 saturated carbocycles. The van der Waals surface area contributed by atoms with Crippen molar-refractivity contribution in [1.29, 1.82) is 0 Å². The number of carbonyl (C=O) groups excluding carboxylic acids is 1. The van der Waals surface area contributed by atoms with E-state index in [9.17, 15) is 13.6 Å². The number of nitrogens with one attached hydrogen (secondary N) is 1. The maximum atomic E-state index is 12.4. The average molecular weight is 321 g/mol. The van der Waals surface area contributed by atoms with Crippen molar-refractivity contribution >= 4 is 23.4 Å². The van der Waals surface area contributed by atoms with E-state index in [4.69, 9.17) is 0 Å². The number of benzene rings is 2. The predicted octanol–water partition coefficient (Wildman–Crippen LogP) is 3.94. The minimum Gasteiger partial charge on any atom is -0.433 e. The molecule has 0 aliphatic carbocycles. The van der Waals surface area contributed by atoms with Crippen molar-refractivity contribution in [2.24, 2.45) is 0 Å². The lowest BCUT2D eigenvalue weighted by Crippen LogP contribution is -2.25. The first kappa shape index (κ1) is 14.8. The van der Waals surface area contributed by atoms with E-state index in [1.54, 1.807) is 18.2 Å². The summed E-state index contributed by atoms with van der Waals surface area (Å²) >= 11 is 1.48. The summed E-state index contributed by atoms with van der Waals surface area (Å²) in [6.07, 6.45) is 0.630. The number of rotatable bonds is 4. The van der Waals surface area contributed by atoms with E-state index >= 15 is 0 Å². The van der Waals surface area contributed by atoms with Crippen LogP contribution in [-0.2, 0) is 11.2 Å². The molecule has 3 rings (SSSR count).